The summed E-state index contributed by atoms with van der Waals surface area (Å²) in [4.78, 5) is 22.7. The molecule has 0 aliphatic rings. The van der Waals surface area contributed by atoms with Gasteiger partial charge in [-0.1, -0.05) is 0 Å². The van der Waals surface area contributed by atoms with E-state index in [1.165, 1.54) is 7.11 Å². The number of carbonyl (C=O) groups is 1. The maximum Gasteiger partial charge on any atom is 0.328 e. The van der Waals surface area contributed by atoms with E-state index in [9.17, 15) is 4.79 Å². The SMILES string of the molecule is CNc1nc(Cl)nc(NC(C)C(=O)OC)n1. The number of anilines is 2. The van der Waals surface area contributed by atoms with Gasteiger partial charge in [0.25, 0.3) is 0 Å². The number of nitrogens with zero attached hydrogens (tertiary/aromatic N) is 3. The Labute approximate surface area is 97.6 Å². The van der Waals surface area contributed by atoms with Gasteiger partial charge in [0.05, 0.1) is 7.11 Å². The Bertz CT molecular complexity index is 387. The zero-order valence-corrected chi connectivity index (χ0v) is 9.87. The van der Waals surface area contributed by atoms with Gasteiger partial charge in [0.2, 0.25) is 17.2 Å². The van der Waals surface area contributed by atoms with Gasteiger partial charge in [0.15, 0.2) is 0 Å². The maximum absolute atomic E-state index is 11.2. The smallest absolute Gasteiger partial charge is 0.328 e. The minimum absolute atomic E-state index is 0.0407. The first-order valence-electron chi connectivity index (χ1n) is 4.50. The monoisotopic (exact) mass is 245 g/mol. The number of halogens is 1. The summed E-state index contributed by atoms with van der Waals surface area (Å²) >= 11 is 5.67. The van der Waals surface area contributed by atoms with Crippen molar-refractivity contribution in [3.63, 3.8) is 0 Å². The van der Waals surface area contributed by atoms with Crippen LogP contribution in [0.25, 0.3) is 0 Å². The third-order valence-electron chi connectivity index (χ3n) is 1.73. The average molecular weight is 246 g/mol. The highest BCUT2D eigenvalue weighted by atomic mass is 35.5. The van der Waals surface area contributed by atoms with Crippen molar-refractivity contribution >= 4 is 29.5 Å². The number of methoxy groups -OCH3 is 1. The first-order chi connectivity index (χ1) is 7.56. The third kappa shape index (κ3) is 3.20. The van der Waals surface area contributed by atoms with Crippen molar-refractivity contribution < 1.29 is 9.53 Å². The quantitative estimate of drug-likeness (QED) is 0.749. The summed E-state index contributed by atoms with van der Waals surface area (Å²) in [6.45, 7) is 1.63. The van der Waals surface area contributed by atoms with Gasteiger partial charge in [0.1, 0.15) is 6.04 Å². The molecule has 1 heterocycles. The Morgan fingerprint density at radius 2 is 2.00 bits per heavy atom. The highest BCUT2D eigenvalue weighted by Gasteiger charge is 2.14. The molecule has 0 saturated heterocycles. The normalized spacial score (nSPS) is 11.8. The van der Waals surface area contributed by atoms with Crippen LogP contribution >= 0.6 is 11.6 Å². The van der Waals surface area contributed by atoms with Crippen LogP contribution in [0.2, 0.25) is 5.28 Å². The second kappa shape index (κ2) is 5.45. The van der Waals surface area contributed by atoms with Crippen LogP contribution < -0.4 is 10.6 Å². The Morgan fingerprint density at radius 3 is 2.56 bits per heavy atom. The van der Waals surface area contributed by atoms with E-state index in [4.69, 9.17) is 11.6 Å². The van der Waals surface area contributed by atoms with E-state index in [-0.39, 0.29) is 11.2 Å². The molecule has 1 aromatic heterocycles. The lowest BCUT2D eigenvalue weighted by Crippen LogP contribution is -2.28. The number of hydrogen-bond donors (Lipinski definition) is 2. The molecule has 1 unspecified atom stereocenters. The van der Waals surface area contributed by atoms with E-state index < -0.39 is 12.0 Å². The lowest BCUT2D eigenvalue weighted by atomic mass is 10.3. The summed E-state index contributed by atoms with van der Waals surface area (Å²) in [6.07, 6.45) is 0. The standard InChI is InChI=1S/C8H12ClN5O2/c1-4(5(15)16-3)11-8-13-6(9)12-7(10-2)14-8/h4H,1-3H3,(H2,10,11,12,13,14). The minimum Gasteiger partial charge on any atom is -0.467 e. The van der Waals surface area contributed by atoms with Crippen molar-refractivity contribution in [2.75, 3.05) is 24.8 Å². The largest absolute Gasteiger partial charge is 0.467 e. The molecule has 0 aromatic carbocycles. The molecule has 0 saturated carbocycles. The van der Waals surface area contributed by atoms with Crippen LogP contribution in [0.4, 0.5) is 11.9 Å². The van der Waals surface area contributed by atoms with Crippen molar-refractivity contribution in [1.82, 2.24) is 15.0 Å². The number of rotatable bonds is 4. The lowest BCUT2D eigenvalue weighted by Gasteiger charge is -2.11. The first-order valence-corrected chi connectivity index (χ1v) is 4.88. The van der Waals surface area contributed by atoms with Crippen molar-refractivity contribution in [3.8, 4) is 0 Å². The summed E-state index contributed by atoms with van der Waals surface area (Å²) < 4.78 is 4.55. The number of hydrogen-bond acceptors (Lipinski definition) is 7. The molecule has 1 atom stereocenters. The molecule has 0 aliphatic heterocycles. The third-order valence-corrected chi connectivity index (χ3v) is 1.90. The van der Waals surface area contributed by atoms with Gasteiger partial charge < -0.3 is 15.4 Å². The topological polar surface area (TPSA) is 89.0 Å². The number of aromatic nitrogens is 3. The van der Waals surface area contributed by atoms with E-state index in [1.54, 1.807) is 14.0 Å². The molecule has 1 aromatic rings. The predicted octanol–water partition coefficient (Wildman–Crippen LogP) is 0.540. The van der Waals surface area contributed by atoms with Gasteiger partial charge in [-0.25, -0.2) is 4.79 Å². The number of ether oxygens (including phenoxy) is 1. The molecular formula is C8H12ClN5O2. The van der Waals surface area contributed by atoms with Gasteiger partial charge in [-0.2, -0.15) is 15.0 Å². The van der Waals surface area contributed by atoms with E-state index >= 15 is 0 Å². The van der Waals surface area contributed by atoms with Gasteiger partial charge in [0, 0.05) is 7.05 Å². The zero-order valence-electron chi connectivity index (χ0n) is 9.11. The Hall–Kier alpha value is -1.63. The average Bonchev–Trinajstić information content (AvgIpc) is 2.26. The molecule has 0 bridgehead atoms. The second-order valence-electron chi connectivity index (χ2n) is 2.89. The minimum atomic E-state index is -0.562. The van der Waals surface area contributed by atoms with Crippen LogP contribution in [-0.4, -0.2) is 41.1 Å². The molecule has 0 fully saturated rings. The van der Waals surface area contributed by atoms with Crippen LogP contribution in [0.5, 0.6) is 0 Å². The fraction of sp³-hybridized carbons (Fsp3) is 0.500. The number of nitrogens with one attached hydrogen (secondary N) is 2. The molecule has 0 spiro atoms. The predicted molar refractivity (Wildman–Crippen MR) is 59.5 cm³/mol. The van der Waals surface area contributed by atoms with Crippen LogP contribution in [0, 0.1) is 0 Å². The van der Waals surface area contributed by atoms with Gasteiger partial charge in [-0.3, -0.25) is 0 Å². The summed E-state index contributed by atoms with van der Waals surface area (Å²) in [5.41, 5.74) is 0. The van der Waals surface area contributed by atoms with Crippen LogP contribution in [0.15, 0.2) is 0 Å². The summed E-state index contributed by atoms with van der Waals surface area (Å²) in [5.74, 6) is 0.115. The first kappa shape index (κ1) is 12.4. The maximum atomic E-state index is 11.2. The van der Waals surface area contributed by atoms with Crippen LogP contribution in [-0.2, 0) is 9.53 Å². The molecule has 8 heteroatoms. The molecule has 0 aliphatic carbocycles. The lowest BCUT2D eigenvalue weighted by molar-refractivity contribution is -0.141. The molecule has 7 nitrogen and oxygen atoms in total. The fourth-order valence-corrected chi connectivity index (χ4v) is 1.12. The Morgan fingerprint density at radius 1 is 1.38 bits per heavy atom. The highest BCUT2D eigenvalue weighted by Crippen LogP contribution is 2.09. The van der Waals surface area contributed by atoms with Gasteiger partial charge >= 0.3 is 5.97 Å². The molecular weight excluding hydrogens is 234 g/mol. The Balaban J connectivity index is 2.80. The van der Waals surface area contributed by atoms with Crippen molar-refractivity contribution in [2.24, 2.45) is 0 Å². The number of carbonyl (C=O) groups excluding carboxylic acids is 1. The molecule has 88 valence electrons. The molecule has 2 N–H and O–H groups in total. The summed E-state index contributed by atoms with van der Waals surface area (Å²) in [5, 5.41) is 5.51. The molecule has 0 amide bonds. The highest BCUT2D eigenvalue weighted by molar-refractivity contribution is 6.28. The fourth-order valence-electron chi connectivity index (χ4n) is 0.956. The van der Waals surface area contributed by atoms with Crippen LogP contribution in [0.1, 0.15) is 6.92 Å². The number of esters is 1. The van der Waals surface area contributed by atoms with Gasteiger partial charge in [-0.05, 0) is 18.5 Å². The molecule has 0 radical (unpaired) electrons. The van der Waals surface area contributed by atoms with E-state index in [0.717, 1.165) is 0 Å². The molecule has 1 rings (SSSR count). The summed E-state index contributed by atoms with van der Waals surface area (Å²) in [6, 6.07) is -0.562. The second-order valence-corrected chi connectivity index (χ2v) is 3.23. The van der Waals surface area contributed by atoms with E-state index in [1.807, 2.05) is 0 Å². The Kier molecular flexibility index (Phi) is 4.24. The van der Waals surface area contributed by atoms with E-state index in [2.05, 4.69) is 30.3 Å². The van der Waals surface area contributed by atoms with E-state index in [0.29, 0.717) is 5.95 Å². The van der Waals surface area contributed by atoms with Crippen molar-refractivity contribution in [1.29, 1.82) is 0 Å². The summed E-state index contributed by atoms with van der Waals surface area (Å²) in [7, 11) is 2.96. The van der Waals surface area contributed by atoms with Crippen LogP contribution in [0.3, 0.4) is 0 Å². The molecule has 16 heavy (non-hydrogen) atoms. The zero-order chi connectivity index (χ0) is 12.1. The van der Waals surface area contributed by atoms with Crippen molar-refractivity contribution in [2.45, 2.75) is 13.0 Å². The van der Waals surface area contributed by atoms with Crippen molar-refractivity contribution in [3.05, 3.63) is 5.28 Å². The van der Waals surface area contributed by atoms with Gasteiger partial charge in [-0.15, -0.1) is 0 Å².